The number of nitrogen functional groups attached to an aromatic ring is 1. The standard InChI is InChI=1S/C17H19ClN2O2/c18-14-9-7-13(8-10-14)12-20-17(21)6-3-11-22-16-5-2-1-4-15(16)19/h1-2,4-5,7-10H,3,6,11-12,19H2,(H,20,21). The first-order valence-corrected chi connectivity index (χ1v) is 7.51. The number of para-hydroxylation sites is 2. The maximum Gasteiger partial charge on any atom is 0.220 e. The van der Waals surface area contributed by atoms with Gasteiger partial charge in [-0.3, -0.25) is 4.79 Å². The van der Waals surface area contributed by atoms with Crippen molar-refractivity contribution in [2.24, 2.45) is 0 Å². The lowest BCUT2D eigenvalue weighted by Crippen LogP contribution is -2.22. The fourth-order valence-corrected chi connectivity index (χ4v) is 2.04. The summed E-state index contributed by atoms with van der Waals surface area (Å²) < 4.78 is 5.54. The summed E-state index contributed by atoms with van der Waals surface area (Å²) in [5.41, 5.74) is 7.40. The third-order valence-electron chi connectivity index (χ3n) is 3.13. The van der Waals surface area contributed by atoms with Gasteiger partial charge in [-0.1, -0.05) is 35.9 Å². The lowest BCUT2D eigenvalue weighted by atomic mass is 10.2. The molecule has 2 rings (SSSR count). The van der Waals surface area contributed by atoms with E-state index in [1.165, 1.54) is 0 Å². The molecule has 5 heteroatoms. The summed E-state index contributed by atoms with van der Waals surface area (Å²) in [5, 5.41) is 3.55. The number of rotatable bonds is 7. The summed E-state index contributed by atoms with van der Waals surface area (Å²) in [6.07, 6.45) is 1.06. The Hall–Kier alpha value is -2.20. The molecule has 0 aliphatic rings. The zero-order valence-electron chi connectivity index (χ0n) is 12.2. The molecule has 4 nitrogen and oxygen atoms in total. The minimum absolute atomic E-state index is 0.000386. The molecule has 116 valence electrons. The van der Waals surface area contributed by atoms with Gasteiger partial charge in [-0.15, -0.1) is 0 Å². The van der Waals surface area contributed by atoms with Crippen molar-refractivity contribution in [2.75, 3.05) is 12.3 Å². The number of hydrogen-bond donors (Lipinski definition) is 2. The van der Waals surface area contributed by atoms with Crippen molar-refractivity contribution >= 4 is 23.2 Å². The smallest absolute Gasteiger partial charge is 0.220 e. The van der Waals surface area contributed by atoms with Gasteiger partial charge < -0.3 is 15.8 Å². The second-order valence-corrected chi connectivity index (χ2v) is 5.33. The molecule has 0 radical (unpaired) electrons. The van der Waals surface area contributed by atoms with Gasteiger partial charge in [0.15, 0.2) is 0 Å². The van der Waals surface area contributed by atoms with E-state index < -0.39 is 0 Å². The fourth-order valence-electron chi connectivity index (χ4n) is 1.92. The van der Waals surface area contributed by atoms with Crippen LogP contribution in [-0.4, -0.2) is 12.5 Å². The number of carbonyl (C=O) groups is 1. The molecule has 1 amide bonds. The third kappa shape index (κ3) is 5.30. The van der Waals surface area contributed by atoms with Crippen LogP contribution in [-0.2, 0) is 11.3 Å². The zero-order valence-corrected chi connectivity index (χ0v) is 13.0. The van der Waals surface area contributed by atoms with Gasteiger partial charge in [-0.05, 0) is 36.2 Å². The molecule has 0 heterocycles. The van der Waals surface area contributed by atoms with E-state index in [0.717, 1.165) is 5.56 Å². The van der Waals surface area contributed by atoms with Crippen LogP contribution in [0.5, 0.6) is 5.75 Å². The number of hydrogen-bond acceptors (Lipinski definition) is 3. The number of carbonyl (C=O) groups excluding carboxylic acids is 1. The van der Waals surface area contributed by atoms with Crippen LogP contribution in [0.4, 0.5) is 5.69 Å². The van der Waals surface area contributed by atoms with E-state index in [4.69, 9.17) is 22.1 Å². The number of halogens is 1. The Bertz CT molecular complexity index is 614. The zero-order chi connectivity index (χ0) is 15.8. The van der Waals surface area contributed by atoms with Crippen molar-refractivity contribution < 1.29 is 9.53 Å². The summed E-state index contributed by atoms with van der Waals surface area (Å²) >= 11 is 5.81. The van der Waals surface area contributed by atoms with E-state index in [0.29, 0.717) is 42.5 Å². The second-order valence-electron chi connectivity index (χ2n) is 4.89. The lowest BCUT2D eigenvalue weighted by molar-refractivity contribution is -0.121. The Morgan fingerprint density at radius 1 is 1.14 bits per heavy atom. The van der Waals surface area contributed by atoms with Crippen molar-refractivity contribution in [1.82, 2.24) is 5.32 Å². The summed E-state index contributed by atoms with van der Waals surface area (Å²) in [4.78, 5) is 11.7. The number of benzene rings is 2. The molecule has 22 heavy (non-hydrogen) atoms. The highest BCUT2D eigenvalue weighted by molar-refractivity contribution is 6.30. The molecular weight excluding hydrogens is 300 g/mol. The predicted molar refractivity (Wildman–Crippen MR) is 88.9 cm³/mol. The van der Waals surface area contributed by atoms with E-state index in [-0.39, 0.29) is 5.91 Å². The van der Waals surface area contributed by atoms with Crippen LogP contribution in [0.15, 0.2) is 48.5 Å². The third-order valence-corrected chi connectivity index (χ3v) is 3.38. The molecular formula is C17H19ClN2O2. The lowest BCUT2D eigenvalue weighted by Gasteiger charge is -2.09. The minimum Gasteiger partial charge on any atom is -0.491 e. The maximum absolute atomic E-state index is 11.7. The van der Waals surface area contributed by atoms with Gasteiger partial charge in [0.05, 0.1) is 12.3 Å². The van der Waals surface area contributed by atoms with E-state index in [1.54, 1.807) is 18.2 Å². The number of nitrogens with one attached hydrogen (secondary N) is 1. The van der Waals surface area contributed by atoms with Crippen LogP contribution in [0, 0.1) is 0 Å². The van der Waals surface area contributed by atoms with Crippen LogP contribution in [0.25, 0.3) is 0 Å². The number of amides is 1. The summed E-state index contributed by atoms with van der Waals surface area (Å²) in [7, 11) is 0. The Kier molecular flexibility index (Phi) is 6.10. The fraction of sp³-hybridized carbons (Fsp3) is 0.235. The molecule has 2 aromatic rings. The topological polar surface area (TPSA) is 64.3 Å². The number of nitrogens with two attached hydrogens (primary N) is 1. The normalized spacial score (nSPS) is 10.2. The molecule has 0 spiro atoms. The maximum atomic E-state index is 11.7. The van der Waals surface area contributed by atoms with Gasteiger partial charge in [0.1, 0.15) is 5.75 Å². The van der Waals surface area contributed by atoms with Gasteiger partial charge in [-0.2, -0.15) is 0 Å². The van der Waals surface area contributed by atoms with E-state index in [9.17, 15) is 4.79 Å². The first-order valence-electron chi connectivity index (χ1n) is 7.13. The molecule has 0 aliphatic carbocycles. The minimum atomic E-state index is -0.000386. The highest BCUT2D eigenvalue weighted by Gasteiger charge is 2.03. The Balaban J connectivity index is 1.64. The molecule has 0 saturated carbocycles. The quantitative estimate of drug-likeness (QED) is 0.607. The van der Waals surface area contributed by atoms with Crippen LogP contribution in [0.1, 0.15) is 18.4 Å². The van der Waals surface area contributed by atoms with E-state index >= 15 is 0 Å². The van der Waals surface area contributed by atoms with Crippen molar-refractivity contribution in [3.05, 3.63) is 59.1 Å². The first-order chi connectivity index (χ1) is 10.6. The Morgan fingerprint density at radius 2 is 1.86 bits per heavy atom. The van der Waals surface area contributed by atoms with Crippen LogP contribution >= 0.6 is 11.6 Å². The summed E-state index contributed by atoms with van der Waals surface area (Å²) in [5.74, 6) is 0.656. The molecule has 0 bridgehead atoms. The predicted octanol–water partition coefficient (Wildman–Crippen LogP) is 3.40. The SMILES string of the molecule is Nc1ccccc1OCCCC(=O)NCc1ccc(Cl)cc1. The molecule has 0 fully saturated rings. The van der Waals surface area contributed by atoms with E-state index in [2.05, 4.69) is 5.32 Å². The monoisotopic (exact) mass is 318 g/mol. The van der Waals surface area contributed by atoms with Gasteiger partial charge in [-0.25, -0.2) is 0 Å². The van der Waals surface area contributed by atoms with Crippen LogP contribution in [0.3, 0.4) is 0 Å². The molecule has 2 aromatic carbocycles. The highest BCUT2D eigenvalue weighted by Crippen LogP contribution is 2.19. The molecule has 0 atom stereocenters. The average molecular weight is 319 g/mol. The highest BCUT2D eigenvalue weighted by atomic mass is 35.5. The van der Waals surface area contributed by atoms with Gasteiger partial charge in [0.2, 0.25) is 5.91 Å². The van der Waals surface area contributed by atoms with Crippen molar-refractivity contribution in [2.45, 2.75) is 19.4 Å². The molecule has 0 saturated heterocycles. The van der Waals surface area contributed by atoms with Gasteiger partial charge in [0.25, 0.3) is 0 Å². The second kappa shape index (κ2) is 8.29. The molecule has 0 aromatic heterocycles. The van der Waals surface area contributed by atoms with Crippen molar-refractivity contribution in [3.63, 3.8) is 0 Å². The average Bonchev–Trinajstić information content (AvgIpc) is 2.52. The largest absolute Gasteiger partial charge is 0.491 e. The van der Waals surface area contributed by atoms with Gasteiger partial charge >= 0.3 is 0 Å². The van der Waals surface area contributed by atoms with Crippen LogP contribution in [0.2, 0.25) is 5.02 Å². The molecule has 0 unspecified atom stereocenters. The van der Waals surface area contributed by atoms with Crippen molar-refractivity contribution in [3.8, 4) is 5.75 Å². The first kappa shape index (κ1) is 16.2. The molecule has 0 aliphatic heterocycles. The molecule has 3 N–H and O–H groups in total. The Labute approximate surface area is 135 Å². The number of anilines is 1. The van der Waals surface area contributed by atoms with Crippen LogP contribution < -0.4 is 15.8 Å². The Morgan fingerprint density at radius 3 is 2.59 bits per heavy atom. The van der Waals surface area contributed by atoms with E-state index in [1.807, 2.05) is 30.3 Å². The summed E-state index contributed by atoms with van der Waals surface area (Å²) in [6, 6.07) is 14.7. The van der Waals surface area contributed by atoms with Gasteiger partial charge in [0, 0.05) is 18.0 Å². The van der Waals surface area contributed by atoms with Crippen molar-refractivity contribution in [1.29, 1.82) is 0 Å². The summed E-state index contributed by atoms with van der Waals surface area (Å²) in [6.45, 7) is 0.963. The number of ether oxygens (including phenoxy) is 1.